The molecule has 0 radical (unpaired) electrons. The Hall–Kier alpha value is -1.35. The molecule has 0 fully saturated rings. The molecule has 0 aliphatic rings. The predicted octanol–water partition coefficient (Wildman–Crippen LogP) is 2.46. The second-order valence-corrected chi connectivity index (χ2v) is 4.65. The standard InChI is InChI=1S/C11H11NOS/c1-6-3-4-8(12)10-9(13)5-7(2)14-11(6)10/h3-5H,12H2,1-2H3. The number of fused-ring (bicyclic) bond motifs is 1. The zero-order valence-electron chi connectivity index (χ0n) is 8.13. The van der Waals surface area contributed by atoms with E-state index in [0.29, 0.717) is 11.1 Å². The van der Waals surface area contributed by atoms with Gasteiger partial charge in [-0.15, -0.1) is 11.3 Å². The van der Waals surface area contributed by atoms with Gasteiger partial charge in [0.2, 0.25) is 0 Å². The van der Waals surface area contributed by atoms with Gasteiger partial charge in [-0.2, -0.15) is 0 Å². The molecule has 1 aromatic carbocycles. The molecule has 1 heterocycles. The van der Waals surface area contributed by atoms with Crippen LogP contribution in [0.1, 0.15) is 10.4 Å². The van der Waals surface area contributed by atoms with E-state index in [2.05, 4.69) is 0 Å². The number of nitrogens with two attached hydrogens (primary N) is 1. The molecule has 0 saturated carbocycles. The van der Waals surface area contributed by atoms with Crippen molar-refractivity contribution in [3.63, 3.8) is 0 Å². The fraction of sp³-hybridized carbons (Fsp3) is 0.182. The first-order valence-corrected chi connectivity index (χ1v) is 5.21. The van der Waals surface area contributed by atoms with Crippen LogP contribution in [0.25, 0.3) is 10.1 Å². The summed E-state index contributed by atoms with van der Waals surface area (Å²) < 4.78 is 1.01. The topological polar surface area (TPSA) is 43.1 Å². The number of benzene rings is 1. The molecule has 0 saturated heterocycles. The molecule has 0 aliphatic heterocycles. The van der Waals surface area contributed by atoms with E-state index >= 15 is 0 Å². The lowest BCUT2D eigenvalue weighted by atomic mass is 10.1. The van der Waals surface area contributed by atoms with E-state index in [1.54, 1.807) is 23.5 Å². The maximum absolute atomic E-state index is 11.7. The molecule has 0 spiro atoms. The SMILES string of the molecule is Cc1cc(=O)c2c(N)ccc(C)c2s1. The van der Waals surface area contributed by atoms with E-state index in [0.717, 1.165) is 15.1 Å². The monoisotopic (exact) mass is 205 g/mol. The molecule has 72 valence electrons. The molecule has 14 heavy (non-hydrogen) atoms. The molecule has 2 aromatic rings. The van der Waals surface area contributed by atoms with Gasteiger partial charge in [-0.3, -0.25) is 4.79 Å². The van der Waals surface area contributed by atoms with E-state index in [1.165, 1.54) is 0 Å². The van der Waals surface area contributed by atoms with Gasteiger partial charge in [0, 0.05) is 15.3 Å². The lowest BCUT2D eigenvalue weighted by Gasteiger charge is -2.04. The third-order valence-corrected chi connectivity index (χ3v) is 3.40. The van der Waals surface area contributed by atoms with Gasteiger partial charge in [0.25, 0.3) is 0 Å². The van der Waals surface area contributed by atoms with Gasteiger partial charge in [0.05, 0.1) is 5.39 Å². The van der Waals surface area contributed by atoms with Crippen LogP contribution in [0.4, 0.5) is 5.69 Å². The Morgan fingerprint density at radius 1 is 1.29 bits per heavy atom. The van der Waals surface area contributed by atoms with Gasteiger partial charge >= 0.3 is 0 Å². The average Bonchev–Trinajstić information content (AvgIpc) is 2.10. The molecular weight excluding hydrogens is 194 g/mol. The van der Waals surface area contributed by atoms with Crippen LogP contribution in [0.15, 0.2) is 23.0 Å². The van der Waals surface area contributed by atoms with Crippen molar-refractivity contribution in [1.82, 2.24) is 0 Å². The van der Waals surface area contributed by atoms with Crippen LogP contribution in [0.2, 0.25) is 0 Å². The van der Waals surface area contributed by atoms with Gasteiger partial charge in [-0.25, -0.2) is 0 Å². The lowest BCUT2D eigenvalue weighted by Crippen LogP contribution is -2.03. The van der Waals surface area contributed by atoms with Crippen molar-refractivity contribution in [1.29, 1.82) is 0 Å². The van der Waals surface area contributed by atoms with Crippen molar-refractivity contribution >= 4 is 27.1 Å². The number of hydrogen-bond acceptors (Lipinski definition) is 3. The summed E-state index contributed by atoms with van der Waals surface area (Å²) in [5.74, 6) is 0. The Kier molecular flexibility index (Phi) is 2.04. The van der Waals surface area contributed by atoms with E-state index in [4.69, 9.17) is 5.73 Å². The third-order valence-electron chi connectivity index (χ3n) is 2.23. The van der Waals surface area contributed by atoms with Crippen molar-refractivity contribution in [3.05, 3.63) is 38.9 Å². The number of aryl methyl sites for hydroxylation is 2. The molecule has 2 N–H and O–H groups in total. The molecule has 0 unspecified atom stereocenters. The van der Waals surface area contributed by atoms with Crippen LogP contribution in [-0.4, -0.2) is 0 Å². The van der Waals surface area contributed by atoms with Gasteiger partial charge in [0.15, 0.2) is 5.43 Å². The fourth-order valence-corrected chi connectivity index (χ4v) is 2.57. The zero-order chi connectivity index (χ0) is 10.3. The van der Waals surface area contributed by atoms with Crippen molar-refractivity contribution < 1.29 is 0 Å². The highest BCUT2D eigenvalue weighted by atomic mass is 32.1. The number of rotatable bonds is 0. The molecule has 2 nitrogen and oxygen atoms in total. The molecule has 0 aliphatic carbocycles. The first kappa shape index (κ1) is 9.21. The Labute approximate surface area is 86.0 Å². The van der Waals surface area contributed by atoms with Crippen LogP contribution in [0, 0.1) is 13.8 Å². The predicted molar refractivity (Wildman–Crippen MR) is 62.0 cm³/mol. The van der Waals surface area contributed by atoms with Gasteiger partial charge in [-0.1, -0.05) is 6.07 Å². The summed E-state index contributed by atoms with van der Waals surface area (Å²) in [7, 11) is 0. The Balaban J connectivity index is 3.08. The lowest BCUT2D eigenvalue weighted by molar-refractivity contribution is 1.52. The molecular formula is C11H11NOS. The largest absolute Gasteiger partial charge is 0.398 e. The van der Waals surface area contributed by atoms with Gasteiger partial charge in [0.1, 0.15) is 0 Å². The maximum Gasteiger partial charge on any atom is 0.190 e. The summed E-state index contributed by atoms with van der Waals surface area (Å²) in [6, 6.07) is 5.39. The molecule has 3 heteroatoms. The average molecular weight is 205 g/mol. The number of nitrogen functional groups attached to an aromatic ring is 1. The Morgan fingerprint density at radius 3 is 2.71 bits per heavy atom. The molecule has 2 rings (SSSR count). The third kappa shape index (κ3) is 1.30. The van der Waals surface area contributed by atoms with Crippen molar-refractivity contribution in [3.8, 4) is 0 Å². The molecule has 0 amide bonds. The highest BCUT2D eigenvalue weighted by Gasteiger charge is 2.06. The first-order valence-electron chi connectivity index (χ1n) is 4.39. The van der Waals surface area contributed by atoms with E-state index < -0.39 is 0 Å². The van der Waals surface area contributed by atoms with Crippen molar-refractivity contribution in [2.45, 2.75) is 13.8 Å². The van der Waals surface area contributed by atoms with Crippen LogP contribution < -0.4 is 11.2 Å². The minimum Gasteiger partial charge on any atom is -0.398 e. The maximum atomic E-state index is 11.7. The fourth-order valence-electron chi connectivity index (χ4n) is 1.53. The summed E-state index contributed by atoms with van der Waals surface area (Å²) >= 11 is 1.62. The molecule has 0 bridgehead atoms. The van der Waals surface area contributed by atoms with Crippen LogP contribution in [0.5, 0.6) is 0 Å². The summed E-state index contributed by atoms with van der Waals surface area (Å²) in [5.41, 5.74) is 7.49. The minimum absolute atomic E-state index is 0.0254. The Morgan fingerprint density at radius 2 is 2.00 bits per heavy atom. The number of anilines is 1. The highest BCUT2D eigenvalue weighted by molar-refractivity contribution is 7.18. The normalized spacial score (nSPS) is 10.7. The quantitative estimate of drug-likeness (QED) is 0.671. The van der Waals surface area contributed by atoms with Crippen molar-refractivity contribution in [2.75, 3.05) is 5.73 Å². The Bertz CT molecular complexity index is 557. The minimum atomic E-state index is 0.0254. The molecule has 1 aromatic heterocycles. The summed E-state index contributed by atoms with van der Waals surface area (Å²) in [4.78, 5) is 12.7. The first-order chi connectivity index (χ1) is 6.59. The van der Waals surface area contributed by atoms with Gasteiger partial charge < -0.3 is 5.73 Å². The van der Waals surface area contributed by atoms with E-state index in [9.17, 15) is 4.79 Å². The molecule has 0 atom stereocenters. The van der Waals surface area contributed by atoms with Crippen LogP contribution in [-0.2, 0) is 0 Å². The van der Waals surface area contributed by atoms with Gasteiger partial charge in [-0.05, 0) is 31.5 Å². The van der Waals surface area contributed by atoms with Crippen LogP contribution >= 0.6 is 11.3 Å². The smallest absolute Gasteiger partial charge is 0.190 e. The van der Waals surface area contributed by atoms with Crippen LogP contribution in [0.3, 0.4) is 0 Å². The second-order valence-electron chi connectivity index (χ2n) is 3.40. The second kappa shape index (κ2) is 3.10. The van der Waals surface area contributed by atoms with E-state index in [-0.39, 0.29) is 5.43 Å². The van der Waals surface area contributed by atoms with E-state index in [1.807, 2.05) is 19.9 Å². The summed E-state index contributed by atoms with van der Waals surface area (Å²) in [5, 5.41) is 0.667. The zero-order valence-corrected chi connectivity index (χ0v) is 8.94. The number of hydrogen-bond donors (Lipinski definition) is 1. The summed E-state index contributed by atoms with van der Waals surface area (Å²) in [6.07, 6.45) is 0. The summed E-state index contributed by atoms with van der Waals surface area (Å²) in [6.45, 7) is 3.94. The van der Waals surface area contributed by atoms with Crippen molar-refractivity contribution in [2.24, 2.45) is 0 Å². The highest BCUT2D eigenvalue weighted by Crippen LogP contribution is 2.26.